The molecule has 1 aliphatic heterocycles. The number of methoxy groups -OCH3 is 1. The van der Waals surface area contributed by atoms with E-state index in [0.29, 0.717) is 16.9 Å². The number of para-hydroxylation sites is 1. The molecule has 0 saturated carbocycles. The maximum atomic E-state index is 13.1. The van der Waals surface area contributed by atoms with Crippen LogP contribution in [0, 0.1) is 19.7 Å². The first-order valence-electron chi connectivity index (χ1n) is 11.2. The smallest absolute Gasteiger partial charge is 0.259 e. The van der Waals surface area contributed by atoms with Crippen molar-refractivity contribution in [1.29, 1.82) is 0 Å². The van der Waals surface area contributed by atoms with E-state index in [1.165, 1.54) is 24.3 Å². The van der Waals surface area contributed by atoms with Crippen molar-refractivity contribution in [2.24, 2.45) is 0 Å². The van der Waals surface area contributed by atoms with E-state index in [1.807, 2.05) is 6.92 Å². The zero-order chi connectivity index (χ0) is 23.4. The predicted octanol–water partition coefficient (Wildman–Crippen LogP) is 5.22. The van der Waals surface area contributed by atoms with E-state index >= 15 is 0 Å². The van der Waals surface area contributed by atoms with Crippen molar-refractivity contribution in [1.82, 2.24) is 14.9 Å². The molecule has 2 heterocycles. The number of hydrogen-bond acceptors (Lipinski definition) is 5. The molecule has 1 fully saturated rings. The first-order valence-corrected chi connectivity index (χ1v) is 11.2. The number of rotatable bonds is 6. The molecule has 1 aliphatic rings. The van der Waals surface area contributed by atoms with Crippen LogP contribution in [-0.4, -0.2) is 34.4 Å². The fourth-order valence-electron chi connectivity index (χ4n) is 4.42. The van der Waals surface area contributed by atoms with Crippen LogP contribution in [0.3, 0.4) is 0 Å². The summed E-state index contributed by atoms with van der Waals surface area (Å²) < 4.78 is 18.8. The average Bonchev–Trinajstić information content (AvgIpc) is 2.81. The van der Waals surface area contributed by atoms with Crippen LogP contribution in [0.15, 0.2) is 48.7 Å². The maximum Gasteiger partial charge on any atom is 0.259 e. The van der Waals surface area contributed by atoms with Crippen LogP contribution < -0.4 is 10.1 Å². The molecule has 6 nitrogen and oxygen atoms in total. The lowest BCUT2D eigenvalue weighted by Crippen LogP contribution is -2.34. The lowest BCUT2D eigenvalue weighted by atomic mass is 9.99. The first-order chi connectivity index (χ1) is 16.0. The molecule has 1 saturated heterocycles. The number of nitrogens with zero attached hydrogens (tertiary/aromatic N) is 3. The van der Waals surface area contributed by atoms with Gasteiger partial charge >= 0.3 is 0 Å². The zero-order valence-electron chi connectivity index (χ0n) is 19.3. The molecule has 7 heteroatoms. The Hall–Kier alpha value is -3.32. The lowest BCUT2D eigenvalue weighted by molar-refractivity contribution is 0.102. The molecule has 1 atom stereocenters. The van der Waals surface area contributed by atoms with Crippen molar-refractivity contribution in [3.8, 4) is 5.75 Å². The molecule has 2 aromatic carbocycles. The Balaban J connectivity index is 1.53. The summed E-state index contributed by atoms with van der Waals surface area (Å²) in [4.78, 5) is 24.4. The Morgan fingerprint density at radius 2 is 1.97 bits per heavy atom. The van der Waals surface area contributed by atoms with Crippen LogP contribution >= 0.6 is 0 Å². The van der Waals surface area contributed by atoms with Gasteiger partial charge in [0.1, 0.15) is 17.4 Å². The third-order valence-corrected chi connectivity index (χ3v) is 6.13. The number of aryl methyl sites for hydroxylation is 2. The van der Waals surface area contributed by atoms with Gasteiger partial charge in [0.2, 0.25) is 0 Å². The fraction of sp³-hybridized carbons (Fsp3) is 0.346. The van der Waals surface area contributed by atoms with Crippen molar-refractivity contribution in [2.45, 2.75) is 45.7 Å². The number of piperidine rings is 1. The summed E-state index contributed by atoms with van der Waals surface area (Å²) >= 11 is 0. The summed E-state index contributed by atoms with van der Waals surface area (Å²) in [6, 6.07) is 12.0. The van der Waals surface area contributed by atoms with Gasteiger partial charge in [-0.3, -0.25) is 9.69 Å². The third-order valence-electron chi connectivity index (χ3n) is 6.13. The molecule has 1 aromatic heterocycles. The minimum atomic E-state index is -0.350. The molecule has 0 aliphatic carbocycles. The van der Waals surface area contributed by atoms with Gasteiger partial charge in [-0.15, -0.1) is 0 Å². The highest BCUT2D eigenvalue weighted by molar-refractivity contribution is 6.04. The van der Waals surface area contributed by atoms with Crippen molar-refractivity contribution in [3.63, 3.8) is 0 Å². The summed E-state index contributed by atoms with van der Waals surface area (Å²) in [5.41, 5.74) is 3.82. The molecule has 0 spiro atoms. The van der Waals surface area contributed by atoms with Crippen molar-refractivity contribution < 1.29 is 13.9 Å². The van der Waals surface area contributed by atoms with E-state index in [0.717, 1.165) is 55.1 Å². The molecule has 0 bridgehead atoms. The fourth-order valence-corrected chi connectivity index (χ4v) is 4.42. The topological polar surface area (TPSA) is 67.3 Å². The molecule has 1 N–H and O–H groups in total. The van der Waals surface area contributed by atoms with Crippen LogP contribution in [-0.2, 0) is 6.54 Å². The Kier molecular flexibility index (Phi) is 6.99. The van der Waals surface area contributed by atoms with Gasteiger partial charge in [-0.25, -0.2) is 14.4 Å². The van der Waals surface area contributed by atoms with Gasteiger partial charge in [0.05, 0.1) is 24.4 Å². The van der Waals surface area contributed by atoms with Gasteiger partial charge in [-0.2, -0.15) is 0 Å². The number of hydrogen-bond donors (Lipinski definition) is 1. The average molecular weight is 449 g/mol. The molecule has 0 radical (unpaired) electrons. The van der Waals surface area contributed by atoms with Gasteiger partial charge < -0.3 is 10.1 Å². The number of aromatic nitrogens is 2. The highest BCUT2D eigenvalue weighted by atomic mass is 19.1. The molecule has 1 amide bonds. The van der Waals surface area contributed by atoms with Gasteiger partial charge in [0.25, 0.3) is 5.91 Å². The molecule has 1 unspecified atom stereocenters. The van der Waals surface area contributed by atoms with Crippen molar-refractivity contribution in [3.05, 3.63) is 82.7 Å². The van der Waals surface area contributed by atoms with Gasteiger partial charge in [0.15, 0.2) is 0 Å². The van der Waals surface area contributed by atoms with Crippen LogP contribution in [0.5, 0.6) is 5.75 Å². The second-order valence-electron chi connectivity index (χ2n) is 8.44. The van der Waals surface area contributed by atoms with Crippen LogP contribution in [0.4, 0.5) is 10.1 Å². The largest absolute Gasteiger partial charge is 0.496 e. The number of anilines is 1. The van der Waals surface area contributed by atoms with Gasteiger partial charge in [-0.05, 0) is 63.1 Å². The Morgan fingerprint density at radius 1 is 1.18 bits per heavy atom. The number of ether oxygens (including phenoxy) is 1. The summed E-state index contributed by atoms with van der Waals surface area (Å²) in [6.07, 6.45) is 4.80. The Bertz CT molecular complexity index is 1130. The lowest BCUT2D eigenvalue weighted by Gasteiger charge is -2.35. The Labute approximate surface area is 193 Å². The Morgan fingerprint density at radius 3 is 2.70 bits per heavy atom. The highest BCUT2D eigenvalue weighted by Gasteiger charge is 2.28. The number of benzene rings is 2. The van der Waals surface area contributed by atoms with E-state index in [-0.39, 0.29) is 17.8 Å². The maximum absolute atomic E-state index is 13.1. The normalized spacial score (nSPS) is 16.4. The molecule has 33 heavy (non-hydrogen) atoms. The number of likely N-dealkylation sites (tertiary alicyclic amines) is 1. The summed E-state index contributed by atoms with van der Waals surface area (Å²) in [5.74, 6) is 0.997. The van der Waals surface area contributed by atoms with E-state index in [1.54, 1.807) is 13.3 Å². The highest BCUT2D eigenvalue weighted by Crippen LogP contribution is 2.33. The van der Waals surface area contributed by atoms with Crippen LogP contribution in [0.1, 0.15) is 58.3 Å². The number of carbonyl (C=O) groups excluding carboxylic acids is 1. The standard InChI is InChI=1S/C26H29FN4O2/c1-17-7-6-8-19(24(17)33-3)16-31-14-5-4-9-23(31)25-28-15-22(18(2)29-25)26(32)30-21-12-10-20(27)11-13-21/h6-8,10-13,15,23H,4-5,9,14,16H2,1-3H3,(H,30,32). The molecular weight excluding hydrogens is 419 g/mol. The van der Waals surface area contributed by atoms with E-state index in [2.05, 4.69) is 40.3 Å². The number of halogens is 1. The molecular formula is C26H29FN4O2. The number of carbonyl (C=O) groups is 1. The minimum Gasteiger partial charge on any atom is -0.496 e. The minimum absolute atomic E-state index is 0.0804. The van der Waals surface area contributed by atoms with Crippen molar-refractivity contribution in [2.75, 3.05) is 19.0 Å². The second-order valence-corrected chi connectivity index (χ2v) is 8.44. The molecule has 4 rings (SSSR count). The van der Waals surface area contributed by atoms with E-state index in [9.17, 15) is 9.18 Å². The zero-order valence-corrected chi connectivity index (χ0v) is 19.3. The van der Waals surface area contributed by atoms with Gasteiger partial charge in [0, 0.05) is 24.0 Å². The van der Waals surface area contributed by atoms with E-state index < -0.39 is 0 Å². The molecule has 172 valence electrons. The summed E-state index contributed by atoms with van der Waals surface area (Å²) in [7, 11) is 1.71. The number of nitrogens with one attached hydrogen (secondary N) is 1. The van der Waals surface area contributed by atoms with Gasteiger partial charge in [-0.1, -0.05) is 24.6 Å². The van der Waals surface area contributed by atoms with Crippen LogP contribution in [0.2, 0.25) is 0 Å². The number of amides is 1. The molecule has 3 aromatic rings. The second kappa shape index (κ2) is 10.1. The third kappa shape index (κ3) is 5.20. The first kappa shape index (κ1) is 22.9. The van der Waals surface area contributed by atoms with E-state index in [4.69, 9.17) is 9.72 Å². The summed E-state index contributed by atoms with van der Waals surface area (Å²) in [5, 5.41) is 2.77. The predicted molar refractivity (Wildman–Crippen MR) is 126 cm³/mol. The van der Waals surface area contributed by atoms with Crippen LogP contribution in [0.25, 0.3) is 0 Å². The summed E-state index contributed by atoms with van der Waals surface area (Å²) in [6.45, 7) is 5.58. The van der Waals surface area contributed by atoms with Crippen molar-refractivity contribution >= 4 is 11.6 Å². The quantitative estimate of drug-likeness (QED) is 0.560. The SMILES string of the molecule is COc1c(C)cccc1CN1CCCCC1c1ncc(C(=O)Nc2ccc(F)cc2)c(C)n1. The monoisotopic (exact) mass is 448 g/mol.